The SMILES string of the molecule is CC(c1ccccc1)S(=O)(=O)CC(O)COCc1cccs1. The summed E-state index contributed by atoms with van der Waals surface area (Å²) in [6.45, 7) is 2.05. The predicted molar refractivity (Wildman–Crippen MR) is 88.6 cm³/mol. The predicted octanol–water partition coefficient (Wildman–Crippen LogP) is 2.80. The molecule has 0 radical (unpaired) electrons. The Balaban J connectivity index is 1.85. The van der Waals surface area contributed by atoms with E-state index < -0.39 is 21.2 Å². The van der Waals surface area contributed by atoms with E-state index in [0.29, 0.717) is 6.61 Å². The van der Waals surface area contributed by atoms with Gasteiger partial charge in [-0.15, -0.1) is 11.3 Å². The van der Waals surface area contributed by atoms with Gasteiger partial charge in [0.25, 0.3) is 0 Å². The number of aliphatic hydroxyl groups is 1. The van der Waals surface area contributed by atoms with E-state index in [-0.39, 0.29) is 12.4 Å². The zero-order valence-corrected chi connectivity index (χ0v) is 14.0. The summed E-state index contributed by atoms with van der Waals surface area (Å²) >= 11 is 1.57. The molecule has 1 N–H and O–H groups in total. The average molecular weight is 340 g/mol. The summed E-state index contributed by atoms with van der Waals surface area (Å²) in [6, 6.07) is 12.9. The van der Waals surface area contributed by atoms with Crippen LogP contribution < -0.4 is 0 Å². The van der Waals surface area contributed by atoms with Gasteiger partial charge in [-0.05, 0) is 23.9 Å². The Morgan fingerprint density at radius 3 is 2.55 bits per heavy atom. The number of ether oxygens (including phenoxy) is 1. The lowest BCUT2D eigenvalue weighted by Crippen LogP contribution is -2.28. The summed E-state index contributed by atoms with van der Waals surface area (Å²) in [6.07, 6.45) is -1.02. The van der Waals surface area contributed by atoms with Gasteiger partial charge in [0.05, 0.1) is 30.3 Å². The number of hydrogen-bond acceptors (Lipinski definition) is 5. The van der Waals surface area contributed by atoms with Gasteiger partial charge in [-0.3, -0.25) is 0 Å². The van der Waals surface area contributed by atoms with E-state index in [1.165, 1.54) is 0 Å². The van der Waals surface area contributed by atoms with Crippen LogP contribution in [0.25, 0.3) is 0 Å². The largest absolute Gasteiger partial charge is 0.390 e. The molecule has 1 aromatic heterocycles. The summed E-state index contributed by atoms with van der Waals surface area (Å²) in [5.41, 5.74) is 0.731. The van der Waals surface area contributed by atoms with Crippen molar-refractivity contribution in [3.8, 4) is 0 Å². The first-order chi connectivity index (χ1) is 10.5. The van der Waals surface area contributed by atoms with Gasteiger partial charge in [0.2, 0.25) is 0 Å². The Hall–Kier alpha value is -1.21. The second kappa shape index (κ2) is 7.87. The minimum atomic E-state index is -3.42. The number of thiophene rings is 1. The zero-order valence-electron chi connectivity index (χ0n) is 12.4. The molecule has 4 nitrogen and oxygen atoms in total. The van der Waals surface area contributed by atoms with Crippen LogP contribution in [0.1, 0.15) is 22.6 Å². The molecule has 2 unspecified atom stereocenters. The maximum absolute atomic E-state index is 12.3. The number of aliphatic hydroxyl groups excluding tert-OH is 1. The standard InChI is InChI=1S/C16H20O4S2/c1-13(14-6-3-2-4-7-14)22(18,19)12-15(17)10-20-11-16-8-5-9-21-16/h2-9,13,15,17H,10-12H2,1H3. The van der Waals surface area contributed by atoms with Crippen molar-refractivity contribution >= 4 is 21.2 Å². The fourth-order valence-corrected chi connectivity index (χ4v) is 4.22. The van der Waals surface area contributed by atoms with Crippen molar-refractivity contribution in [2.24, 2.45) is 0 Å². The van der Waals surface area contributed by atoms with Gasteiger partial charge < -0.3 is 9.84 Å². The maximum atomic E-state index is 12.3. The lowest BCUT2D eigenvalue weighted by atomic mass is 10.2. The first-order valence-electron chi connectivity index (χ1n) is 7.04. The van der Waals surface area contributed by atoms with Crippen LogP contribution in [-0.4, -0.2) is 32.0 Å². The fourth-order valence-electron chi connectivity index (χ4n) is 2.08. The maximum Gasteiger partial charge on any atom is 0.159 e. The molecule has 0 aliphatic rings. The summed E-state index contributed by atoms with van der Waals surface area (Å²) in [5.74, 6) is -0.298. The number of hydrogen-bond donors (Lipinski definition) is 1. The van der Waals surface area contributed by atoms with Crippen LogP contribution in [0.3, 0.4) is 0 Å². The molecule has 120 valence electrons. The monoisotopic (exact) mass is 340 g/mol. The molecule has 22 heavy (non-hydrogen) atoms. The van der Waals surface area contributed by atoms with Crippen molar-refractivity contribution < 1.29 is 18.3 Å². The van der Waals surface area contributed by atoms with Crippen LogP contribution in [0.4, 0.5) is 0 Å². The number of rotatable bonds is 8. The summed E-state index contributed by atoms with van der Waals surface area (Å²) in [4.78, 5) is 1.05. The molecule has 0 spiro atoms. The van der Waals surface area contributed by atoms with Crippen LogP contribution in [0, 0.1) is 0 Å². The van der Waals surface area contributed by atoms with Crippen molar-refractivity contribution in [1.29, 1.82) is 0 Å². The van der Waals surface area contributed by atoms with Gasteiger partial charge >= 0.3 is 0 Å². The molecular weight excluding hydrogens is 320 g/mol. The molecule has 1 aromatic carbocycles. The minimum Gasteiger partial charge on any atom is -0.390 e. The van der Waals surface area contributed by atoms with Crippen molar-refractivity contribution in [2.45, 2.75) is 24.9 Å². The van der Waals surface area contributed by atoms with Gasteiger partial charge in [0.15, 0.2) is 9.84 Å². The minimum absolute atomic E-state index is 0.0125. The highest BCUT2D eigenvalue weighted by molar-refractivity contribution is 7.91. The number of benzene rings is 1. The zero-order chi connectivity index (χ0) is 16.0. The van der Waals surface area contributed by atoms with Gasteiger partial charge in [-0.1, -0.05) is 36.4 Å². The van der Waals surface area contributed by atoms with Gasteiger partial charge in [0, 0.05) is 4.88 Å². The fraction of sp³-hybridized carbons (Fsp3) is 0.375. The van der Waals surface area contributed by atoms with E-state index in [0.717, 1.165) is 10.4 Å². The first kappa shape index (κ1) is 17.1. The highest BCUT2D eigenvalue weighted by Gasteiger charge is 2.25. The summed E-state index contributed by atoms with van der Waals surface area (Å²) in [5, 5.41) is 11.2. The molecule has 0 aliphatic heterocycles. The van der Waals surface area contributed by atoms with Crippen molar-refractivity contribution in [1.82, 2.24) is 0 Å². The molecule has 0 fully saturated rings. The third kappa shape index (κ3) is 4.91. The highest BCUT2D eigenvalue weighted by atomic mass is 32.2. The molecule has 6 heteroatoms. The van der Waals surface area contributed by atoms with Crippen LogP contribution in [0.5, 0.6) is 0 Å². The summed E-state index contributed by atoms with van der Waals surface area (Å²) < 4.78 is 30.0. The van der Waals surface area contributed by atoms with E-state index in [1.807, 2.05) is 35.7 Å². The summed E-state index contributed by atoms with van der Waals surface area (Å²) in [7, 11) is -3.42. The van der Waals surface area contributed by atoms with E-state index in [2.05, 4.69) is 0 Å². The third-order valence-electron chi connectivity index (χ3n) is 3.37. The topological polar surface area (TPSA) is 63.6 Å². The molecule has 0 aliphatic carbocycles. The Morgan fingerprint density at radius 2 is 1.91 bits per heavy atom. The smallest absolute Gasteiger partial charge is 0.159 e. The van der Waals surface area contributed by atoms with Crippen molar-refractivity contribution in [2.75, 3.05) is 12.4 Å². The molecule has 2 aromatic rings. The highest BCUT2D eigenvalue weighted by Crippen LogP contribution is 2.22. The Labute approximate surface area is 135 Å². The first-order valence-corrected chi connectivity index (χ1v) is 9.63. The van der Waals surface area contributed by atoms with Crippen LogP contribution >= 0.6 is 11.3 Å². The van der Waals surface area contributed by atoms with Crippen molar-refractivity contribution in [3.05, 3.63) is 58.3 Å². The van der Waals surface area contributed by atoms with E-state index >= 15 is 0 Å². The average Bonchev–Trinajstić information content (AvgIpc) is 3.00. The molecule has 0 amide bonds. The van der Waals surface area contributed by atoms with Gasteiger partial charge in [-0.2, -0.15) is 0 Å². The third-order valence-corrected chi connectivity index (χ3v) is 6.42. The van der Waals surface area contributed by atoms with Crippen LogP contribution in [-0.2, 0) is 21.2 Å². The van der Waals surface area contributed by atoms with E-state index in [1.54, 1.807) is 30.4 Å². The second-order valence-electron chi connectivity index (χ2n) is 5.13. The lowest BCUT2D eigenvalue weighted by Gasteiger charge is -2.16. The van der Waals surface area contributed by atoms with Gasteiger partial charge in [-0.25, -0.2) is 8.42 Å². The quantitative estimate of drug-likeness (QED) is 0.802. The van der Waals surface area contributed by atoms with Crippen LogP contribution in [0.2, 0.25) is 0 Å². The van der Waals surface area contributed by atoms with E-state index in [4.69, 9.17) is 4.74 Å². The Bertz CT molecular complexity index is 651. The molecule has 1 heterocycles. The normalized spacial score (nSPS) is 14.6. The molecule has 2 rings (SSSR count). The van der Waals surface area contributed by atoms with E-state index in [9.17, 15) is 13.5 Å². The number of sulfone groups is 1. The lowest BCUT2D eigenvalue weighted by molar-refractivity contribution is 0.0400. The van der Waals surface area contributed by atoms with Crippen LogP contribution in [0.15, 0.2) is 47.8 Å². The van der Waals surface area contributed by atoms with Crippen molar-refractivity contribution in [3.63, 3.8) is 0 Å². The Morgan fingerprint density at radius 1 is 1.18 bits per heavy atom. The van der Waals surface area contributed by atoms with Gasteiger partial charge in [0.1, 0.15) is 0 Å². The second-order valence-corrected chi connectivity index (χ2v) is 8.53. The molecule has 0 saturated heterocycles. The Kier molecular flexibility index (Phi) is 6.14. The molecule has 0 bridgehead atoms. The molecule has 0 saturated carbocycles. The molecule has 2 atom stereocenters. The molecular formula is C16H20O4S2.